The van der Waals surface area contributed by atoms with E-state index in [-0.39, 0.29) is 25.1 Å². The first-order valence-corrected chi connectivity index (χ1v) is 5.90. The van der Waals surface area contributed by atoms with Crippen molar-refractivity contribution in [1.82, 2.24) is 9.80 Å². The number of ether oxygens (including phenoxy) is 1. The number of hydrogen-bond donors (Lipinski definition) is 1. The predicted octanol–water partition coefficient (Wildman–Crippen LogP) is -0.607. The van der Waals surface area contributed by atoms with Crippen LogP contribution in [0.5, 0.6) is 0 Å². The van der Waals surface area contributed by atoms with Gasteiger partial charge in [0.1, 0.15) is 6.04 Å². The van der Waals surface area contributed by atoms with E-state index in [4.69, 9.17) is 9.84 Å². The molecule has 0 aromatic heterocycles. The summed E-state index contributed by atoms with van der Waals surface area (Å²) >= 11 is 0. The smallest absolute Gasteiger partial charge is 0.322 e. The van der Waals surface area contributed by atoms with Gasteiger partial charge in [-0.1, -0.05) is 0 Å². The Labute approximate surface area is 100 Å². The lowest BCUT2D eigenvalue weighted by Crippen LogP contribution is -2.59. The first-order chi connectivity index (χ1) is 8.08. The summed E-state index contributed by atoms with van der Waals surface area (Å²) in [7, 11) is 1.64. The van der Waals surface area contributed by atoms with Gasteiger partial charge in [0.2, 0.25) is 5.91 Å². The molecule has 2 fully saturated rings. The van der Waals surface area contributed by atoms with Gasteiger partial charge in [0, 0.05) is 26.7 Å². The van der Waals surface area contributed by atoms with Crippen LogP contribution in [0, 0.1) is 0 Å². The molecule has 6 nitrogen and oxygen atoms in total. The van der Waals surface area contributed by atoms with Crippen LogP contribution in [-0.4, -0.2) is 72.2 Å². The zero-order chi connectivity index (χ0) is 12.4. The highest BCUT2D eigenvalue weighted by Gasteiger charge is 2.36. The van der Waals surface area contributed by atoms with E-state index in [1.807, 2.05) is 0 Å². The molecule has 1 N–H and O–H groups in total. The van der Waals surface area contributed by atoms with E-state index in [1.165, 1.54) is 4.90 Å². The maximum Gasteiger partial charge on any atom is 0.322 e. The Morgan fingerprint density at radius 3 is 2.94 bits per heavy atom. The van der Waals surface area contributed by atoms with E-state index in [0.717, 1.165) is 19.4 Å². The number of carboxylic acids is 1. The first-order valence-electron chi connectivity index (χ1n) is 5.90. The summed E-state index contributed by atoms with van der Waals surface area (Å²) in [6.07, 6.45) is 2.05. The van der Waals surface area contributed by atoms with E-state index in [0.29, 0.717) is 6.54 Å². The van der Waals surface area contributed by atoms with E-state index < -0.39 is 12.0 Å². The van der Waals surface area contributed by atoms with Gasteiger partial charge in [-0.05, 0) is 12.8 Å². The van der Waals surface area contributed by atoms with Crippen LogP contribution in [0.15, 0.2) is 0 Å². The molecule has 1 amide bonds. The molecule has 0 radical (unpaired) electrons. The van der Waals surface area contributed by atoms with Crippen LogP contribution in [0.3, 0.4) is 0 Å². The number of carboxylic acid groups (broad SMARTS) is 1. The lowest BCUT2D eigenvalue weighted by molar-refractivity contribution is -0.151. The number of rotatable bonds is 3. The molecule has 0 aromatic rings. The maximum absolute atomic E-state index is 11.6. The molecule has 2 rings (SSSR count). The molecule has 2 saturated heterocycles. The van der Waals surface area contributed by atoms with Crippen molar-refractivity contribution in [3.63, 3.8) is 0 Å². The van der Waals surface area contributed by atoms with E-state index in [1.54, 1.807) is 11.9 Å². The fraction of sp³-hybridized carbons (Fsp3) is 0.818. The van der Waals surface area contributed by atoms with Gasteiger partial charge in [-0.2, -0.15) is 0 Å². The first kappa shape index (κ1) is 12.3. The van der Waals surface area contributed by atoms with Crippen LogP contribution in [0.1, 0.15) is 12.8 Å². The van der Waals surface area contributed by atoms with E-state index >= 15 is 0 Å². The number of carbonyl (C=O) groups excluding carboxylic acids is 1. The highest BCUT2D eigenvalue weighted by Crippen LogP contribution is 2.17. The summed E-state index contributed by atoms with van der Waals surface area (Å²) in [5.41, 5.74) is 0. The molecule has 2 atom stereocenters. The molecule has 0 saturated carbocycles. The molecule has 2 unspecified atom stereocenters. The molecule has 0 aliphatic carbocycles. The summed E-state index contributed by atoms with van der Waals surface area (Å²) in [6.45, 7) is 1.70. The van der Waals surface area contributed by atoms with Crippen molar-refractivity contribution < 1.29 is 19.4 Å². The number of carbonyl (C=O) groups is 2. The Hall–Kier alpha value is -1.14. The zero-order valence-electron chi connectivity index (χ0n) is 9.96. The lowest BCUT2D eigenvalue weighted by Gasteiger charge is -2.38. The van der Waals surface area contributed by atoms with Gasteiger partial charge in [-0.15, -0.1) is 0 Å². The molecule has 2 aliphatic rings. The van der Waals surface area contributed by atoms with Gasteiger partial charge in [-0.3, -0.25) is 14.5 Å². The second-order valence-electron chi connectivity index (χ2n) is 4.69. The third kappa shape index (κ3) is 2.76. The van der Waals surface area contributed by atoms with Crippen LogP contribution in [0.25, 0.3) is 0 Å². The summed E-state index contributed by atoms with van der Waals surface area (Å²) in [4.78, 5) is 26.0. The van der Waals surface area contributed by atoms with Crippen molar-refractivity contribution in [2.45, 2.75) is 25.0 Å². The highest BCUT2D eigenvalue weighted by atomic mass is 16.5. The third-order valence-electron chi connectivity index (χ3n) is 3.40. The van der Waals surface area contributed by atoms with Crippen LogP contribution in [0.4, 0.5) is 0 Å². The van der Waals surface area contributed by atoms with Crippen molar-refractivity contribution in [1.29, 1.82) is 0 Å². The quantitative estimate of drug-likeness (QED) is 0.715. The molecule has 96 valence electrons. The Bertz CT molecular complexity index is 315. The molecular weight excluding hydrogens is 224 g/mol. The summed E-state index contributed by atoms with van der Waals surface area (Å²) in [5.74, 6) is -0.900. The third-order valence-corrected chi connectivity index (χ3v) is 3.40. The minimum absolute atomic E-state index is 0.0273. The highest BCUT2D eigenvalue weighted by molar-refractivity contribution is 5.83. The van der Waals surface area contributed by atoms with Crippen molar-refractivity contribution >= 4 is 11.9 Å². The monoisotopic (exact) mass is 242 g/mol. The molecule has 6 heteroatoms. The standard InChI is InChI=1S/C11H18N2O4/c1-12-6-9(11(15)16)13(7-10(12)14)5-8-3-2-4-17-8/h8-9H,2-7H2,1H3,(H,15,16). The fourth-order valence-electron chi connectivity index (χ4n) is 2.36. The number of piperazine rings is 1. The van der Waals surface area contributed by atoms with Crippen LogP contribution >= 0.6 is 0 Å². The minimum atomic E-state index is -0.873. The van der Waals surface area contributed by atoms with Gasteiger partial charge >= 0.3 is 5.97 Å². The lowest BCUT2D eigenvalue weighted by atomic mass is 10.1. The minimum Gasteiger partial charge on any atom is -0.480 e. The Balaban J connectivity index is 2.00. The van der Waals surface area contributed by atoms with Crippen LogP contribution in [-0.2, 0) is 14.3 Å². The Morgan fingerprint density at radius 2 is 2.35 bits per heavy atom. The molecule has 2 aliphatic heterocycles. The number of amides is 1. The molecule has 0 aromatic carbocycles. The number of hydrogen-bond acceptors (Lipinski definition) is 4. The maximum atomic E-state index is 11.6. The SMILES string of the molecule is CN1CC(C(=O)O)N(CC2CCCO2)CC1=O. The van der Waals surface area contributed by atoms with Crippen molar-refractivity contribution in [2.24, 2.45) is 0 Å². The van der Waals surface area contributed by atoms with Gasteiger partial charge < -0.3 is 14.7 Å². The normalized spacial score (nSPS) is 30.9. The largest absolute Gasteiger partial charge is 0.480 e. The summed E-state index contributed by atoms with van der Waals surface area (Å²) in [5, 5.41) is 9.17. The topological polar surface area (TPSA) is 70.1 Å². The fourth-order valence-corrected chi connectivity index (χ4v) is 2.36. The average Bonchev–Trinajstić information content (AvgIpc) is 2.75. The Morgan fingerprint density at radius 1 is 1.59 bits per heavy atom. The molecule has 2 heterocycles. The Kier molecular flexibility index (Phi) is 3.63. The summed E-state index contributed by atoms with van der Waals surface area (Å²) in [6, 6.07) is -0.609. The number of aliphatic carboxylic acids is 1. The predicted molar refractivity (Wildman–Crippen MR) is 59.6 cm³/mol. The second-order valence-corrected chi connectivity index (χ2v) is 4.69. The summed E-state index contributed by atoms with van der Waals surface area (Å²) < 4.78 is 5.49. The molecular formula is C11H18N2O4. The van der Waals surface area contributed by atoms with Crippen molar-refractivity contribution in [3.8, 4) is 0 Å². The van der Waals surface area contributed by atoms with Gasteiger partial charge in [0.25, 0.3) is 0 Å². The average molecular weight is 242 g/mol. The van der Waals surface area contributed by atoms with Crippen LogP contribution in [0.2, 0.25) is 0 Å². The van der Waals surface area contributed by atoms with E-state index in [9.17, 15) is 9.59 Å². The van der Waals surface area contributed by atoms with E-state index in [2.05, 4.69) is 0 Å². The van der Waals surface area contributed by atoms with Crippen LogP contribution < -0.4 is 0 Å². The van der Waals surface area contributed by atoms with Gasteiger partial charge in [-0.25, -0.2) is 0 Å². The van der Waals surface area contributed by atoms with Gasteiger partial charge in [0.05, 0.1) is 12.6 Å². The number of nitrogens with zero attached hydrogens (tertiary/aromatic N) is 2. The van der Waals surface area contributed by atoms with Gasteiger partial charge in [0.15, 0.2) is 0 Å². The molecule has 0 spiro atoms. The number of likely N-dealkylation sites (N-methyl/N-ethyl adjacent to an activating group) is 1. The van der Waals surface area contributed by atoms with Crippen molar-refractivity contribution in [3.05, 3.63) is 0 Å². The second kappa shape index (κ2) is 5.01. The van der Waals surface area contributed by atoms with Crippen molar-refractivity contribution in [2.75, 3.05) is 33.3 Å². The zero-order valence-corrected chi connectivity index (χ0v) is 9.96. The molecule has 17 heavy (non-hydrogen) atoms. The molecule has 0 bridgehead atoms.